The first kappa shape index (κ1) is 16.4. The number of hydrogen-bond acceptors (Lipinski definition) is 5. The van der Waals surface area contributed by atoms with E-state index in [-0.39, 0.29) is 12.3 Å². The third kappa shape index (κ3) is 3.34. The molecule has 0 fully saturated rings. The highest BCUT2D eigenvalue weighted by Crippen LogP contribution is 2.36. The summed E-state index contributed by atoms with van der Waals surface area (Å²) in [5.41, 5.74) is 2.88. The number of carbonyl (C=O) groups excluding carboxylic acids is 1. The molecule has 1 N–H and O–H groups in total. The molecule has 1 amide bonds. The van der Waals surface area contributed by atoms with Crippen LogP contribution in [0.1, 0.15) is 11.1 Å². The highest BCUT2D eigenvalue weighted by Gasteiger charge is 2.17. The van der Waals surface area contributed by atoms with Crippen molar-refractivity contribution in [2.45, 2.75) is 13.3 Å². The topological polar surface area (TPSA) is 60.5 Å². The molecule has 25 heavy (non-hydrogen) atoms. The van der Waals surface area contributed by atoms with Crippen molar-refractivity contribution in [3.8, 4) is 11.5 Å². The van der Waals surface area contributed by atoms with E-state index in [0.29, 0.717) is 29.8 Å². The first-order valence-corrected chi connectivity index (χ1v) is 9.45. The van der Waals surface area contributed by atoms with Crippen LogP contribution in [0.4, 0.5) is 5.13 Å². The maximum absolute atomic E-state index is 12.4. The molecule has 128 valence electrons. The van der Waals surface area contributed by atoms with Crippen molar-refractivity contribution < 1.29 is 14.3 Å². The highest BCUT2D eigenvalue weighted by molar-refractivity contribution is 9.10. The Morgan fingerprint density at radius 1 is 1.28 bits per heavy atom. The summed E-state index contributed by atoms with van der Waals surface area (Å²) < 4.78 is 13.0. The van der Waals surface area contributed by atoms with Crippen LogP contribution in [0.15, 0.2) is 34.8 Å². The molecule has 0 aliphatic carbocycles. The molecule has 1 aromatic heterocycles. The maximum Gasteiger partial charge on any atom is 0.230 e. The minimum Gasteiger partial charge on any atom is -0.486 e. The molecule has 1 aliphatic rings. The highest BCUT2D eigenvalue weighted by atomic mass is 79.9. The number of fused-ring (bicyclic) bond motifs is 2. The molecule has 5 nitrogen and oxygen atoms in total. The minimum atomic E-state index is -0.117. The molecule has 4 rings (SSSR count). The number of benzene rings is 2. The smallest absolute Gasteiger partial charge is 0.230 e. The minimum absolute atomic E-state index is 0.117. The summed E-state index contributed by atoms with van der Waals surface area (Å²) in [6.45, 7) is 3.07. The van der Waals surface area contributed by atoms with E-state index in [4.69, 9.17) is 9.47 Å². The van der Waals surface area contributed by atoms with Gasteiger partial charge in [0.15, 0.2) is 16.6 Å². The Labute approximate surface area is 157 Å². The number of hydrogen-bond donors (Lipinski definition) is 1. The van der Waals surface area contributed by atoms with Crippen LogP contribution >= 0.6 is 27.3 Å². The van der Waals surface area contributed by atoms with Crippen LogP contribution in [-0.2, 0) is 11.2 Å². The average Bonchev–Trinajstić information content (AvgIpc) is 2.99. The van der Waals surface area contributed by atoms with Crippen molar-refractivity contribution in [2.24, 2.45) is 0 Å². The lowest BCUT2D eigenvalue weighted by Crippen LogP contribution is -2.17. The number of carbonyl (C=O) groups is 1. The number of thiazole rings is 1. The summed E-state index contributed by atoms with van der Waals surface area (Å²) in [6, 6.07) is 9.71. The predicted molar refractivity (Wildman–Crippen MR) is 102 cm³/mol. The Kier molecular flexibility index (Phi) is 4.35. The van der Waals surface area contributed by atoms with Crippen LogP contribution in [0.25, 0.3) is 10.2 Å². The van der Waals surface area contributed by atoms with Crippen LogP contribution in [-0.4, -0.2) is 24.1 Å². The summed E-state index contributed by atoms with van der Waals surface area (Å²) in [5.74, 6) is 1.26. The van der Waals surface area contributed by atoms with Crippen molar-refractivity contribution in [3.05, 3.63) is 45.9 Å². The molecule has 3 aromatic rings. The number of halogens is 1. The normalized spacial score (nSPS) is 13.0. The third-order valence-electron chi connectivity index (χ3n) is 3.93. The molecule has 0 bridgehead atoms. The number of nitrogens with one attached hydrogen (secondary N) is 1. The van der Waals surface area contributed by atoms with Crippen molar-refractivity contribution in [2.75, 3.05) is 18.5 Å². The number of rotatable bonds is 3. The van der Waals surface area contributed by atoms with Crippen molar-refractivity contribution in [3.63, 3.8) is 0 Å². The molecule has 0 atom stereocenters. The van der Waals surface area contributed by atoms with Crippen molar-refractivity contribution in [1.82, 2.24) is 4.98 Å². The second-order valence-corrected chi connectivity index (χ2v) is 7.64. The lowest BCUT2D eigenvalue weighted by molar-refractivity contribution is -0.115. The fraction of sp³-hybridized carbons (Fsp3) is 0.222. The van der Waals surface area contributed by atoms with Crippen LogP contribution in [0.2, 0.25) is 0 Å². The van der Waals surface area contributed by atoms with Gasteiger partial charge in [-0.25, -0.2) is 4.98 Å². The number of aryl methyl sites for hydroxylation is 1. The van der Waals surface area contributed by atoms with E-state index in [9.17, 15) is 4.79 Å². The molecule has 0 unspecified atom stereocenters. The Balaban J connectivity index is 1.52. The number of para-hydroxylation sites is 1. The molecule has 0 saturated carbocycles. The van der Waals surface area contributed by atoms with Gasteiger partial charge in [-0.05, 0) is 36.2 Å². The van der Waals surface area contributed by atoms with Gasteiger partial charge in [0.25, 0.3) is 0 Å². The molecule has 2 heterocycles. The van der Waals surface area contributed by atoms with Crippen molar-refractivity contribution in [1.29, 1.82) is 0 Å². The van der Waals surface area contributed by atoms with Crippen LogP contribution in [0.3, 0.4) is 0 Å². The van der Waals surface area contributed by atoms with Gasteiger partial charge in [-0.3, -0.25) is 4.79 Å². The zero-order valence-corrected chi connectivity index (χ0v) is 15.9. The van der Waals surface area contributed by atoms with E-state index in [1.165, 1.54) is 11.3 Å². The van der Waals surface area contributed by atoms with E-state index in [2.05, 4.69) is 26.2 Å². The predicted octanol–water partition coefficient (Wildman–Crippen LogP) is 4.32. The number of ether oxygens (including phenoxy) is 2. The Morgan fingerprint density at radius 3 is 2.80 bits per heavy atom. The average molecular weight is 419 g/mol. The van der Waals surface area contributed by atoms with Crippen molar-refractivity contribution >= 4 is 48.5 Å². The van der Waals surface area contributed by atoms with Crippen LogP contribution in [0.5, 0.6) is 11.5 Å². The van der Waals surface area contributed by atoms with E-state index < -0.39 is 0 Å². The molecule has 0 saturated heterocycles. The lowest BCUT2D eigenvalue weighted by atomic mass is 10.1. The largest absolute Gasteiger partial charge is 0.486 e. The van der Waals surface area contributed by atoms with Gasteiger partial charge in [0.1, 0.15) is 13.2 Å². The molecular weight excluding hydrogens is 404 g/mol. The first-order valence-electron chi connectivity index (χ1n) is 7.84. The second-order valence-electron chi connectivity index (χ2n) is 5.75. The SMILES string of the molecule is Cc1cccc2sc(NC(=O)Cc3cc4c(cc3Br)OCCO4)nc12. The fourth-order valence-corrected chi connectivity index (χ4v) is 4.14. The van der Waals surface area contributed by atoms with Gasteiger partial charge in [-0.1, -0.05) is 39.4 Å². The van der Waals surface area contributed by atoms with Crippen LogP contribution in [0, 0.1) is 6.92 Å². The number of aromatic nitrogens is 1. The van der Waals surface area contributed by atoms with Gasteiger partial charge in [0, 0.05) is 4.47 Å². The first-order chi connectivity index (χ1) is 12.1. The third-order valence-corrected chi connectivity index (χ3v) is 5.60. The van der Waals surface area contributed by atoms with E-state index in [1.807, 2.05) is 37.3 Å². The zero-order valence-electron chi connectivity index (χ0n) is 13.5. The van der Waals surface area contributed by atoms with E-state index in [0.717, 1.165) is 25.8 Å². The molecule has 7 heteroatoms. The summed E-state index contributed by atoms with van der Waals surface area (Å²) in [7, 11) is 0. The molecule has 1 aliphatic heterocycles. The monoisotopic (exact) mass is 418 g/mol. The summed E-state index contributed by atoms with van der Waals surface area (Å²) in [6.07, 6.45) is 0.228. The van der Waals surface area contributed by atoms with Gasteiger partial charge in [-0.15, -0.1) is 0 Å². The molecular formula is C18H15BrN2O3S. The van der Waals surface area contributed by atoms with Gasteiger partial charge in [-0.2, -0.15) is 0 Å². The number of nitrogens with zero attached hydrogens (tertiary/aromatic N) is 1. The number of amides is 1. The van der Waals surface area contributed by atoms with Gasteiger partial charge < -0.3 is 14.8 Å². The van der Waals surface area contributed by atoms with Gasteiger partial charge in [0.05, 0.1) is 16.6 Å². The summed E-state index contributed by atoms with van der Waals surface area (Å²) in [5, 5.41) is 3.50. The second kappa shape index (κ2) is 6.65. The Hall–Kier alpha value is -2.12. The summed E-state index contributed by atoms with van der Waals surface area (Å²) >= 11 is 4.98. The van der Waals surface area contributed by atoms with Gasteiger partial charge in [0.2, 0.25) is 5.91 Å². The number of anilines is 1. The fourth-order valence-electron chi connectivity index (χ4n) is 2.72. The standard InChI is InChI=1S/C18H15BrN2O3S/c1-10-3-2-4-15-17(10)21-18(25-15)20-16(22)8-11-7-13-14(9-12(11)19)24-6-5-23-13/h2-4,7,9H,5-6,8H2,1H3,(H,20,21,22). The van der Waals surface area contributed by atoms with Gasteiger partial charge >= 0.3 is 0 Å². The Bertz CT molecular complexity index is 970. The lowest BCUT2D eigenvalue weighted by Gasteiger charge is -2.19. The Morgan fingerprint density at radius 2 is 2.04 bits per heavy atom. The molecule has 0 spiro atoms. The quantitative estimate of drug-likeness (QED) is 0.687. The summed E-state index contributed by atoms with van der Waals surface area (Å²) in [4.78, 5) is 16.9. The molecule has 2 aromatic carbocycles. The molecule has 0 radical (unpaired) electrons. The maximum atomic E-state index is 12.4. The van der Waals surface area contributed by atoms with E-state index in [1.54, 1.807) is 0 Å². The van der Waals surface area contributed by atoms with Crippen LogP contribution < -0.4 is 14.8 Å². The van der Waals surface area contributed by atoms with E-state index >= 15 is 0 Å². The zero-order chi connectivity index (χ0) is 17.4.